The van der Waals surface area contributed by atoms with Crippen molar-refractivity contribution in [2.75, 3.05) is 0 Å². The van der Waals surface area contributed by atoms with Crippen molar-refractivity contribution in [3.8, 4) is 11.4 Å². The Bertz CT molecular complexity index is 1420. The molecule has 5 rings (SSSR count). The number of rotatable bonds is 2. The van der Waals surface area contributed by atoms with E-state index in [1.807, 2.05) is 54.6 Å². The van der Waals surface area contributed by atoms with E-state index < -0.39 is 0 Å². The van der Waals surface area contributed by atoms with Gasteiger partial charge in [0.15, 0.2) is 5.82 Å². The Kier molecular flexibility index (Phi) is 3.88. The molecule has 0 amide bonds. The first-order valence-electron chi connectivity index (χ1n) is 8.35. The fourth-order valence-electron chi connectivity index (χ4n) is 3.11. The van der Waals surface area contributed by atoms with E-state index in [-0.39, 0.29) is 5.56 Å². The van der Waals surface area contributed by atoms with Gasteiger partial charge in [-0.2, -0.15) is 9.50 Å². The Hall–Kier alpha value is -2.83. The van der Waals surface area contributed by atoms with Crippen LogP contribution in [-0.2, 0) is 0 Å². The summed E-state index contributed by atoms with van der Waals surface area (Å²) in [6.07, 6.45) is 1.92. The Morgan fingerprint density at radius 2 is 1.74 bits per heavy atom. The first-order valence-corrected chi connectivity index (χ1v) is 9.95. The number of thiazole rings is 1. The van der Waals surface area contributed by atoms with Crippen LogP contribution in [0.25, 0.3) is 33.2 Å². The summed E-state index contributed by atoms with van der Waals surface area (Å²) in [5.41, 5.74) is 1.74. The quantitative estimate of drug-likeness (QED) is 0.417. The SMILES string of the molecule is O=c1c(=Cc2cccc3ccccc23)sc2nc(-c3ccccc3Br)nn12. The van der Waals surface area contributed by atoms with Gasteiger partial charge < -0.3 is 0 Å². The van der Waals surface area contributed by atoms with Gasteiger partial charge in [0.05, 0.1) is 4.53 Å². The molecule has 5 aromatic rings. The van der Waals surface area contributed by atoms with E-state index in [2.05, 4.69) is 44.2 Å². The summed E-state index contributed by atoms with van der Waals surface area (Å²) < 4.78 is 2.91. The lowest BCUT2D eigenvalue weighted by atomic mass is 10.0. The molecule has 0 saturated heterocycles. The van der Waals surface area contributed by atoms with Crippen molar-refractivity contribution in [3.63, 3.8) is 0 Å². The Morgan fingerprint density at radius 1 is 0.963 bits per heavy atom. The first kappa shape index (κ1) is 16.4. The zero-order valence-corrected chi connectivity index (χ0v) is 16.4. The molecule has 0 radical (unpaired) electrons. The molecule has 0 aliphatic carbocycles. The monoisotopic (exact) mass is 433 g/mol. The summed E-state index contributed by atoms with van der Waals surface area (Å²) in [5, 5.41) is 6.69. The molecule has 4 nitrogen and oxygen atoms in total. The summed E-state index contributed by atoms with van der Waals surface area (Å²) in [4.78, 5) is 18.0. The number of hydrogen-bond donors (Lipinski definition) is 0. The smallest absolute Gasteiger partial charge is 0.266 e. The van der Waals surface area contributed by atoms with Crippen molar-refractivity contribution in [1.82, 2.24) is 14.6 Å². The maximum Gasteiger partial charge on any atom is 0.291 e. The molecule has 0 fully saturated rings. The van der Waals surface area contributed by atoms with Gasteiger partial charge in [0, 0.05) is 10.0 Å². The molecule has 0 atom stereocenters. The summed E-state index contributed by atoms with van der Waals surface area (Å²) >= 11 is 4.86. The van der Waals surface area contributed by atoms with Crippen LogP contribution in [0.2, 0.25) is 0 Å². The largest absolute Gasteiger partial charge is 0.291 e. The highest BCUT2D eigenvalue weighted by atomic mass is 79.9. The molecule has 2 aromatic heterocycles. The molecule has 6 heteroatoms. The molecule has 3 aromatic carbocycles. The highest BCUT2D eigenvalue weighted by Crippen LogP contribution is 2.25. The van der Waals surface area contributed by atoms with E-state index in [0.29, 0.717) is 15.3 Å². The van der Waals surface area contributed by atoms with E-state index in [1.54, 1.807) is 0 Å². The van der Waals surface area contributed by atoms with Gasteiger partial charge in [0.2, 0.25) is 4.96 Å². The van der Waals surface area contributed by atoms with Gasteiger partial charge in [-0.15, -0.1) is 5.10 Å². The Balaban J connectivity index is 1.68. The third-order valence-electron chi connectivity index (χ3n) is 4.41. The molecule has 27 heavy (non-hydrogen) atoms. The topological polar surface area (TPSA) is 47.3 Å². The van der Waals surface area contributed by atoms with Crippen LogP contribution in [-0.4, -0.2) is 14.6 Å². The van der Waals surface area contributed by atoms with Crippen LogP contribution >= 0.6 is 27.3 Å². The molecule has 0 bridgehead atoms. The Morgan fingerprint density at radius 3 is 2.59 bits per heavy atom. The van der Waals surface area contributed by atoms with Crippen molar-refractivity contribution >= 4 is 49.1 Å². The van der Waals surface area contributed by atoms with Crippen molar-refractivity contribution in [3.05, 3.63) is 91.7 Å². The average Bonchev–Trinajstić information content (AvgIpc) is 3.22. The minimum atomic E-state index is -0.145. The fraction of sp³-hybridized carbons (Fsp3) is 0. The van der Waals surface area contributed by atoms with Crippen molar-refractivity contribution < 1.29 is 0 Å². The fourth-order valence-corrected chi connectivity index (χ4v) is 4.47. The van der Waals surface area contributed by atoms with Gasteiger partial charge in [0.25, 0.3) is 5.56 Å². The van der Waals surface area contributed by atoms with Gasteiger partial charge in [-0.25, -0.2) is 0 Å². The summed E-state index contributed by atoms with van der Waals surface area (Å²) in [6, 6.07) is 21.9. The summed E-state index contributed by atoms with van der Waals surface area (Å²) in [7, 11) is 0. The minimum absolute atomic E-state index is 0.145. The molecular weight excluding hydrogens is 422 g/mol. The predicted molar refractivity (Wildman–Crippen MR) is 113 cm³/mol. The van der Waals surface area contributed by atoms with E-state index in [0.717, 1.165) is 26.4 Å². The summed E-state index contributed by atoms with van der Waals surface area (Å²) in [6.45, 7) is 0. The van der Waals surface area contributed by atoms with Crippen LogP contribution < -0.4 is 10.1 Å². The van der Waals surface area contributed by atoms with Crippen LogP contribution in [0.15, 0.2) is 76.0 Å². The lowest BCUT2D eigenvalue weighted by Gasteiger charge is -2.00. The van der Waals surface area contributed by atoms with Gasteiger partial charge in [-0.05, 0) is 34.5 Å². The van der Waals surface area contributed by atoms with Gasteiger partial charge in [-0.3, -0.25) is 4.79 Å². The lowest BCUT2D eigenvalue weighted by Crippen LogP contribution is -2.23. The van der Waals surface area contributed by atoms with E-state index >= 15 is 0 Å². The molecule has 0 saturated carbocycles. The molecule has 0 unspecified atom stereocenters. The second-order valence-corrected chi connectivity index (χ2v) is 7.96. The number of benzene rings is 3. The first-order chi connectivity index (χ1) is 13.2. The zero-order chi connectivity index (χ0) is 18.4. The van der Waals surface area contributed by atoms with E-state index in [1.165, 1.54) is 15.9 Å². The second-order valence-electron chi connectivity index (χ2n) is 6.09. The van der Waals surface area contributed by atoms with Crippen molar-refractivity contribution in [2.24, 2.45) is 0 Å². The standard InChI is InChI=1S/C21H12BrN3OS/c22-17-11-4-3-10-16(17)19-23-21-25(24-19)20(26)18(27-21)12-14-8-5-7-13-6-1-2-9-15(13)14/h1-12H. The highest BCUT2D eigenvalue weighted by molar-refractivity contribution is 9.10. The van der Waals surface area contributed by atoms with E-state index in [4.69, 9.17) is 0 Å². The van der Waals surface area contributed by atoms with Crippen LogP contribution in [0.3, 0.4) is 0 Å². The van der Waals surface area contributed by atoms with Crippen LogP contribution in [0.4, 0.5) is 0 Å². The maximum atomic E-state index is 12.8. The van der Waals surface area contributed by atoms with Crippen molar-refractivity contribution in [1.29, 1.82) is 0 Å². The summed E-state index contributed by atoms with van der Waals surface area (Å²) in [5.74, 6) is 0.544. The normalized spacial score (nSPS) is 12.3. The second kappa shape index (κ2) is 6.40. The van der Waals surface area contributed by atoms with Crippen LogP contribution in [0, 0.1) is 0 Å². The molecule has 0 spiro atoms. The van der Waals surface area contributed by atoms with Crippen LogP contribution in [0.5, 0.6) is 0 Å². The molecule has 2 heterocycles. The lowest BCUT2D eigenvalue weighted by molar-refractivity contribution is 0.936. The minimum Gasteiger partial charge on any atom is -0.266 e. The van der Waals surface area contributed by atoms with Crippen LogP contribution in [0.1, 0.15) is 5.56 Å². The molecular formula is C21H12BrN3OS. The van der Waals surface area contributed by atoms with Gasteiger partial charge >= 0.3 is 0 Å². The number of aromatic nitrogens is 3. The number of hydrogen-bond acceptors (Lipinski definition) is 4. The average molecular weight is 434 g/mol. The number of halogens is 1. The maximum absolute atomic E-state index is 12.8. The predicted octanol–water partition coefficient (Wildman–Crippen LogP) is 4.28. The molecule has 130 valence electrons. The highest BCUT2D eigenvalue weighted by Gasteiger charge is 2.13. The third-order valence-corrected chi connectivity index (χ3v) is 6.06. The number of nitrogens with zero attached hydrogens (tertiary/aromatic N) is 3. The van der Waals surface area contributed by atoms with Gasteiger partial charge in [-0.1, -0.05) is 81.9 Å². The van der Waals surface area contributed by atoms with Gasteiger partial charge in [0.1, 0.15) is 0 Å². The third kappa shape index (κ3) is 2.78. The van der Waals surface area contributed by atoms with E-state index in [9.17, 15) is 4.79 Å². The molecule has 0 aliphatic heterocycles. The molecule has 0 aliphatic rings. The Labute approximate surface area is 166 Å². The zero-order valence-electron chi connectivity index (χ0n) is 14.0. The van der Waals surface area contributed by atoms with Crippen molar-refractivity contribution in [2.45, 2.75) is 0 Å². The molecule has 0 N–H and O–H groups in total. The number of fused-ring (bicyclic) bond motifs is 2.